The van der Waals surface area contributed by atoms with Crippen molar-refractivity contribution in [2.45, 2.75) is 91.6 Å². The number of nitrogens with zero attached hydrogens (tertiary/aromatic N) is 1. The fraction of sp³-hybridized carbons (Fsp3) is 0.868. The van der Waals surface area contributed by atoms with Crippen LogP contribution in [0.2, 0.25) is 0 Å². The van der Waals surface area contributed by atoms with Crippen LogP contribution in [0.1, 0.15) is 86.0 Å². The number of hydrogen-bond acceptors (Lipinski definition) is 20. The third-order valence-corrected chi connectivity index (χ3v) is 10.2. The van der Waals surface area contributed by atoms with E-state index in [1.165, 1.54) is 4.90 Å². The minimum atomic E-state index is -0.664. The van der Waals surface area contributed by atoms with Crippen molar-refractivity contribution in [2.75, 3.05) is 211 Å². The Morgan fingerprint density at radius 3 is 0.713 bits per heavy atom. The van der Waals surface area contributed by atoms with Crippen LogP contribution in [-0.2, 0) is 90.3 Å². The molecule has 0 fully saturated rings. The number of carbonyl (C=O) groups is 7. The molecule has 80 heavy (non-hydrogen) atoms. The van der Waals surface area contributed by atoms with Crippen molar-refractivity contribution < 1.29 is 95.1 Å². The van der Waals surface area contributed by atoms with Gasteiger partial charge in [-0.3, -0.25) is 28.8 Å². The van der Waals surface area contributed by atoms with E-state index in [0.717, 1.165) is 12.8 Å². The van der Waals surface area contributed by atoms with E-state index in [1.54, 1.807) is 20.8 Å². The molecule has 0 aromatic heterocycles. The highest BCUT2D eigenvalue weighted by Gasteiger charge is 2.22. The van der Waals surface area contributed by atoms with Gasteiger partial charge in [-0.2, -0.15) is 0 Å². The molecule has 0 bridgehead atoms. The van der Waals surface area contributed by atoms with Crippen LogP contribution in [0.3, 0.4) is 0 Å². The van der Waals surface area contributed by atoms with E-state index in [-0.39, 0.29) is 127 Å². The predicted molar refractivity (Wildman–Crippen MR) is 294 cm³/mol. The summed E-state index contributed by atoms with van der Waals surface area (Å²) in [4.78, 5) is 85.2. The van der Waals surface area contributed by atoms with Crippen molar-refractivity contribution in [3.63, 3.8) is 0 Å². The lowest BCUT2D eigenvalue weighted by Gasteiger charge is -2.27. The van der Waals surface area contributed by atoms with Gasteiger partial charge in [0.2, 0.25) is 35.4 Å². The molecule has 7 amide bonds. The Bertz CT molecular complexity index is 1450. The number of amides is 7. The lowest BCUT2D eigenvalue weighted by atomic mass is 10.2. The molecule has 0 aliphatic carbocycles. The van der Waals surface area contributed by atoms with Crippen LogP contribution < -0.4 is 31.9 Å². The zero-order valence-corrected chi connectivity index (χ0v) is 48.9. The molecule has 0 aromatic rings. The molecular formula is C53H101N7O20. The Hall–Kier alpha value is -4.39. The summed E-state index contributed by atoms with van der Waals surface area (Å²) in [5, 5.41) is 16.5. The molecule has 0 atom stereocenters. The van der Waals surface area contributed by atoms with Gasteiger partial charge >= 0.3 is 6.09 Å². The SMILES string of the molecule is CCCNC(=O)CCOCCNC(=O)CCOCCNC(=O)CCOCCOCCOCCOCCN(CCOCCOCCOCCOCCC(=O)NCCOCCC(=O)NCCOCCC(=O)NCCC)C(=O)OC(C)(C)C. The van der Waals surface area contributed by atoms with Gasteiger partial charge in [0.05, 0.1) is 159 Å². The van der Waals surface area contributed by atoms with Gasteiger partial charge in [0.1, 0.15) is 5.60 Å². The second kappa shape index (κ2) is 56.5. The minimum absolute atomic E-state index is 0.0512. The monoisotopic (exact) mass is 1160 g/mol. The lowest BCUT2D eigenvalue weighted by molar-refractivity contribution is -0.124. The standard InChI is InChI=1S/C53H101N7O20/c1-6-14-54-46(61)8-22-68-28-16-56-48(63)10-24-70-30-18-58-50(65)12-26-72-34-38-76-42-44-78-40-36-74-32-20-60(52(67)80-53(3,4)5)21-33-75-37-41-79-45-43-77-39-35-73-27-13-51(66)59-19-31-71-25-11-49(64)57-17-29-69-23-9-47(62)55-15-7-2/h6-45H2,1-5H3,(H,54,61)(H,55,62)(H,56,63)(H,57,64)(H,58,65)(H,59,66). The van der Waals surface area contributed by atoms with Gasteiger partial charge < -0.3 is 98.4 Å². The molecule has 0 rings (SSSR count). The van der Waals surface area contributed by atoms with Crippen LogP contribution in [0.15, 0.2) is 0 Å². The number of ether oxygens (including phenoxy) is 13. The summed E-state index contributed by atoms with van der Waals surface area (Å²) in [6, 6.07) is 0. The average Bonchev–Trinajstić information content (AvgIpc) is 3.42. The number of rotatable bonds is 58. The van der Waals surface area contributed by atoms with E-state index in [1.807, 2.05) is 13.8 Å². The summed E-state index contributed by atoms with van der Waals surface area (Å²) in [7, 11) is 0. The zero-order valence-electron chi connectivity index (χ0n) is 48.9. The number of nitrogens with one attached hydrogen (secondary N) is 6. The van der Waals surface area contributed by atoms with Crippen LogP contribution in [0.4, 0.5) is 4.79 Å². The molecule has 0 saturated heterocycles. The van der Waals surface area contributed by atoms with E-state index in [2.05, 4.69) is 31.9 Å². The Morgan fingerprint density at radius 1 is 0.287 bits per heavy atom. The highest BCUT2D eigenvalue weighted by molar-refractivity contribution is 5.77. The summed E-state index contributed by atoms with van der Waals surface area (Å²) < 4.78 is 71.5. The maximum atomic E-state index is 12.8. The zero-order chi connectivity index (χ0) is 58.8. The van der Waals surface area contributed by atoms with Crippen LogP contribution in [0.5, 0.6) is 0 Å². The Morgan fingerprint density at radius 2 is 0.487 bits per heavy atom. The topological polar surface area (TPSA) is 315 Å². The van der Waals surface area contributed by atoms with Gasteiger partial charge in [-0.25, -0.2) is 4.79 Å². The van der Waals surface area contributed by atoms with Gasteiger partial charge in [0.25, 0.3) is 0 Å². The lowest BCUT2D eigenvalue weighted by Crippen LogP contribution is -2.40. The molecule has 0 aliphatic rings. The molecule has 468 valence electrons. The first-order valence-electron chi connectivity index (χ1n) is 28.3. The summed E-state index contributed by atoms with van der Waals surface area (Å²) in [5.74, 6) is -0.780. The molecule has 6 N–H and O–H groups in total. The van der Waals surface area contributed by atoms with Crippen LogP contribution in [0, 0.1) is 0 Å². The smallest absolute Gasteiger partial charge is 0.410 e. The van der Waals surface area contributed by atoms with E-state index < -0.39 is 11.7 Å². The highest BCUT2D eigenvalue weighted by Crippen LogP contribution is 2.10. The van der Waals surface area contributed by atoms with E-state index in [9.17, 15) is 33.6 Å². The third kappa shape index (κ3) is 56.9. The largest absolute Gasteiger partial charge is 0.444 e. The van der Waals surface area contributed by atoms with Gasteiger partial charge in [0, 0.05) is 90.9 Å². The van der Waals surface area contributed by atoms with Crippen LogP contribution in [-0.4, -0.2) is 263 Å². The Kier molecular flexibility index (Phi) is 53.4. The van der Waals surface area contributed by atoms with Crippen LogP contribution >= 0.6 is 0 Å². The second-order valence-electron chi connectivity index (χ2n) is 18.4. The van der Waals surface area contributed by atoms with E-state index in [4.69, 9.17) is 61.6 Å². The van der Waals surface area contributed by atoms with Crippen molar-refractivity contribution >= 4 is 41.5 Å². The first-order valence-corrected chi connectivity index (χ1v) is 28.3. The van der Waals surface area contributed by atoms with Crippen molar-refractivity contribution in [1.29, 1.82) is 0 Å². The first-order chi connectivity index (χ1) is 38.8. The molecule has 0 aromatic carbocycles. The summed E-state index contributed by atoms with van der Waals surface area (Å²) in [6.45, 7) is 20.0. The summed E-state index contributed by atoms with van der Waals surface area (Å²) >= 11 is 0. The highest BCUT2D eigenvalue weighted by atomic mass is 16.6. The number of carbonyl (C=O) groups excluding carboxylic acids is 7. The summed E-state index contributed by atoms with van der Waals surface area (Å²) in [6.07, 6.45) is 2.63. The van der Waals surface area contributed by atoms with Crippen molar-refractivity contribution in [1.82, 2.24) is 36.8 Å². The quantitative estimate of drug-likeness (QED) is 0.0446. The minimum Gasteiger partial charge on any atom is -0.444 e. The molecule has 0 spiro atoms. The van der Waals surface area contributed by atoms with Gasteiger partial charge in [0.15, 0.2) is 0 Å². The van der Waals surface area contributed by atoms with Crippen molar-refractivity contribution in [3.8, 4) is 0 Å². The van der Waals surface area contributed by atoms with Crippen LogP contribution in [0.25, 0.3) is 0 Å². The molecule has 0 aliphatic heterocycles. The summed E-state index contributed by atoms with van der Waals surface area (Å²) in [5.41, 5.74) is -0.664. The van der Waals surface area contributed by atoms with Gasteiger partial charge in [-0.15, -0.1) is 0 Å². The average molecular weight is 1160 g/mol. The first kappa shape index (κ1) is 75.6. The molecule has 0 unspecified atom stereocenters. The van der Waals surface area contributed by atoms with Gasteiger partial charge in [-0.05, 0) is 33.6 Å². The fourth-order valence-corrected chi connectivity index (χ4v) is 6.00. The van der Waals surface area contributed by atoms with Gasteiger partial charge in [-0.1, -0.05) is 13.8 Å². The maximum absolute atomic E-state index is 12.8. The van der Waals surface area contributed by atoms with Crippen molar-refractivity contribution in [3.05, 3.63) is 0 Å². The molecule has 27 nitrogen and oxygen atoms in total. The number of hydrogen-bond donors (Lipinski definition) is 6. The molecule has 0 heterocycles. The molecular weight excluding hydrogens is 1050 g/mol. The van der Waals surface area contributed by atoms with Crippen molar-refractivity contribution in [2.24, 2.45) is 0 Å². The third-order valence-electron chi connectivity index (χ3n) is 10.2. The van der Waals surface area contributed by atoms with E-state index >= 15 is 0 Å². The second-order valence-corrected chi connectivity index (χ2v) is 18.4. The Balaban J connectivity index is 3.73. The van der Waals surface area contributed by atoms with E-state index in [0.29, 0.717) is 158 Å². The molecule has 27 heteroatoms. The Labute approximate surface area is 474 Å². The maximum Gasteiger partial charge on any atom is 0.410 e. The fourth-order valence-electron chi connectivity index (χ4n) is 6.00. The molecule has 0 radical (unpaired) electrons. The normalized spacial score (nSPS) is 11.3. The predicted octanol–water partition coefficient (Wildman–Crippen LogP) is 0.280. The molecule has 0 saturated carbocycles.